The SMILES string of the molecule is O=C(Nc1ccc(F)cc1)O/N=c1\oc2cc3c(cc2c2c1CCCC2)CCC1(CCCCC1)O3. The molecule has 0 unspecified atom stereocenters. The summed E-state index contributed by atoms with van der Waals surface area (Å²) in [5.74, 6) is 0.529. The number of amides is 1. The highest BCUT2D eigenvalue weighted by molar-refractivity contribution is 5.85. The van der Waals surface area contributed by atoms with Gasteiger partial charge >= 0.3 is 6.09 Å². The predicted octanol–water partition coefficient (Wildman–Crippen LogP) is 6.54. The Labute approximate surface area is 203 Å². The number of aryl methyl sites for hydroxylation is 2. The normalized spacial score (nSPS) is 19.1. The third-order valence-electron chi connectivity index (χ3n) is 7.66. The third kappa shape index (κ3) is 4.40. The molecule has 1 aliphatic heterocycles. The number of fused-ring (bicyclic) bond motifs is 4. The van der Waals surface area contributed by atoms with Crippen molar-refractivity contribution in [3.05, 3.63) is 64.5 Å². The molecule has 2 aliphatic carbocycles. The topological polar surface area (TPSA) is 73.1 Å². The highest BCUT2D eigenvalue weighted by Gasteiger charge is 2.37. The van der Waals surface area contributed by atoms with Crippen molar-refractivity contribution in [2.24, 2.45) is 5.16 Å². The van der Waals surface area contributed by atoms with Crippen LogP contribution >= 0.6 is 0 Å². The maximum absolute atomic E-state index is 13.1. The highest BCUT2D eigenvalue weighted by Crippen LogP contribution is 2.43. The summed E-state index contributed by atoms with van der Waals surface area (Å²) < 4.78 is 25.9. The van der Waals surface area contributed by atoms with Crippen LogP contribution in [0.1, 0.15) is 68.1 Å². The number of nitrogens with one attached hydrogen (secondary N) is 1. The lowest BCUT2D eigenvalue weighted by atomic mass is 9.78. The minimum absolute atomic E-state index is 0.0398. The van der Waals surface area contributed by atoms with E-state index in [1.165, 1.54) is 54.7 Å². The Morgan fingerprint density at radius 1 is 0.943 bits per heavy atom. The number of carbonyl (C=O) groups is 1. The minimum atomic E-state index is -0.760. The molecule has 0 atom stereocenters. The molecule has 3 aliphatic rings. The Balaban J connectivity index is 1.34. The van der Waals surface area contributed by atoms with E-state index in [0.29, 0.717) is 16.8 Å². The summed E-state index contributed by atoms with van der Waals surface area (Å²) in [7, 11) is 0. The zero-order chi connectivity index (χ0) is 23.8. The lowest BCUT2D eigenvalue weighted by Gasteiger charge is -2.41. The number of ether oxygens (including phenoxy) is 1. The van der Waals surface area contributed by atoms with Crippen molar-refractivity contribution in [1.29, 1.82) is 0 Å². The molecule has 1 N–H and O–H groups in total. The number of rotatable bonds is 2. The van der Waals surface area contributed by atoms with Crippen molar-refractivity contribution in [2.45, 2.75) is 76.2 Å². The summed E-state index contributed by atoms with van der Waals surface area (Å²) in [5.41, 5.74) is 4.88. The average Bonchev–Trinajstić information content (AvgIpc) is 2.88. The second kappa shape index (κ2) is 9.02. The maximum atomic E-state index is 13.1. The number of nitrogens with zero attached hydrogens (tertiary/aromatic N) is 1. The molecule has 1 amide bonds. The summed E-state index contributed by atoms with van der Waals surface area (Å²) in [5, 5.41) is 7.74. The lowest BCUT2D eigenvalue weighted by molar-refractivity contribution is 0.0109. The van der Waals surface area contributed by atoms with E-state index < -0.39 is 6.09 Å². The molecule has 35 heavy (non-hydrogen) atoms. The highest BCUT2D eigenvalue weighted by atomic mass is 19.1. The maximum Gasteiger partial charge on any atom is 0.437 e. The van der Waals surface area contributed by atoms with Crippen LogP contribution in [0.3, 0.4) is 0 Å². The van der Waals surface area contributed by atoms with Gasteiger partial charge in [-0.25, -0.2) is 9.18 Å². The molecular formula is C28H29FN2O4. The van der Waals surface area contributed by atoms with Gasteiger partial charge in [0, 0.05) is 22.7 Å². The fraction of sp³-hybridized carbons (Fsp3) is 0.429. The molecular weight excluding hydrogens is 447 g/mol. The quantitative estimate of drug-likeness (QED) is 0.337. The Hall–Kier alpha value is -3.35. The zero-order valence-electron chi connectivity index (χ0n) is 19.7. The Morgan fingerprint density at radius 3 is 2.51 bits per heavy atom. The Bertz CT molecular complexity index is 1340. The largest absolute Gasteiger partial charge is 0.487 e. The molecule has 1 spiro atoms. The van der Waals surface area contributed by atoms with Crippen molar-refractivity contribution in [3.63, 3.8) is 0 Å². The average molecular weight is 477 g/mol. The fourth-order valence-corrected chi connectivity index (χ4v) is 5.85. The molecule has 3 aromatic rings. The lowest BCUT2D eigenvalue weighted by Crippen LogP contribution is -2.41. The van der Waals surface area contributed by atoms with E-state index in [2.05, 4.69) is 16.5 Å². The van der Waals surface area contributed by atoms with Crippen LogP contribution in [0, 0.1) is 5.82 Å². The van der Waals surface area contributed by atoms with Gasteiger partial charge in [-0.1, -0.05) is 6.42 Å². The molecule has 6 rings (SSSR count). The van der Waals surface area contributed by atoms with Crippen molar-refractivity contribution in [2.75, 3.05) is 5.32 Å². The number of carbonyl (C=O) groups excluding carboxylic acids is 1. The van der Waals surface area contributed by atoms with E-state index in [1.807, 2.05) is 6.07 Å². The standard InChI is InChI=1S/C28H29FN2O4/c29-19-8-10-20(11-9-19)30-27(32)35-31-26-22-7-3-2-6-21(22)23-16-18-12-15-28(13-4-1-5-14-28)34-24(18)17-25(23)33-26/h8-11,16-17H,1-7,12-15H2,(H,30,32)/b31-26-. The van der Waals surface area contributed by atoms with Gasteiger partial charge in [-0.15, -0.1) is 0 Å². The predicted molar refractivity (Wildman–Crippen MR) is 130 cm³/mol. The van der Waals surface area contributed by atoms with Gasteiger partial charge in [0.2, 0.25) is 0 Å². The van der Waals surface area contributed by atoms with Crippen molar-refractivity contribution in [1.82, 2.24) is 0 Å². The van der Waals surface area contributed by atoms with E-state index in [-0.39, 0.29) is 11.4 Å². The molecule has 0 saturated heterocycles. The van der Waals surface area contributed by atoms with Gasteiger partial charge in [-0.05, 0) is 111 Å². The van der Waals surface area contributed by atoms with Crippen LogP contribution in [-0.2, 0) is 24.1 Å². The molecule has 1 fully saturated rings. The molecule has 2 heterocycles. The number of anilines is 1. The first-order valence-corrected chi connectivity index (χ1v) is 12.7. The molecule has 182 valence electrons. The number of halogens is 1. The van der Waals surface area contributed by atoms with Crippen LogP contribution < -0.4 is 15.6 Å². The molecule has 0 bridgehead atoms. The van der Waals surface area contributed by atoms with Crippen LogP contribution in [0.5, 0.6) is 5.75 Å². The van der Waals surface area contributed by atoms with Crippen LogP contribution in [0.2, 0.25) is 0 Å². The summed E-state index contributed by atoms with van der Waals surface area (Å²) in [6, 6.07) is 9.69. The van der Waals surface area contributed by atoms with Gasteiger partial charge in [-0.3, -0.25) is 10.2 Å². The van der Waals surface area contributed by atoms with E-state index in [0.717, 1.165) is 68.1 Å². The first-order valence-electron chi connectivity index (χ1n) is 12.7. The molecule has 1 aromatic heterocycles. The smallest absolute Gasteiger partial charge is 0.437 e. The van der Waals surface area contributed by atoms with E-state index in [9.17, 15) is 9.18 Å². The van der Waals surface area contributed by atoms with Gasteiger partial charge in [0.25, 0.3) is 5.55 Å². The molecule has 7 heteroatoms. The summed E-state index contributed by atoms with van der Waals surface area (Å²) in [6.45, 7) is 0. The summed E-state index contributed by atoms with van der Waals surface area (Å²) in [6.07, 6.45) is 11.2. The van der Waals surface area contributed by atoms with Gasteiger partial charge in [0.05, 0.1) is 0 Å². The molecule has 1 saturated carbocycles. The zero-order valence-corrected chi connectivity index (χ0v) is 19.7. The van der Waals surface area contributed by atoms with Crippen LogP contribution in [0.4, 0.5) is 14.9 Å². The summed E-state index contributed by atoms with van der Waals surface area (Å²) >= 11 is 0. The van der Waals surface area contributed by atoms with E-state index in [4.69, 9.17) is 14.0 Å². The second-order valence-electron chi connectivity index (χ2n) is 9.98. The van der Waals surface area contributed by atoms with Crippen molar-refractivity contribution in [3.8, 4) is 5.75 Å². The fourth-order valence-electron chi connectivity index (χ4n) is 5.85. The Kier molecular flexibility index (Phi) is 5.71. The number of benzene rings is 2. The summed E-state index contributed by atoms with van der Waals surface area (Å²) in [4.78, 5) is 17.4. The minimum Gasteiger partial charge on any atom is -0.487 e. The van der Waals surface area contributed by atoms with E-state index in [1.54, 1.807) is 0 Å². The first kappa shape index (κ1) is 22.1. The van der Waals surface area contributed by atoms with Gasteiger partial charge in [0.15, 0.2) is 0 Å². The molecule has 6 nitrogen and oxygen atoms in total. The van der Waals surface area contributed by atoms with Gasteiger partial charge in [-0.2, -0.15) is 0 Å². The number of hydrogen-bond acceptors (Lipinski definition) is 5. The van der Waals surface area contributed by atoms with Crippen molar-refractivity contribution >= 4 is 22.7 Å². The van der Waals surface area contributed by atoms with Crippen LogP contribution in [0.15, 0.2) is 46.0 Å². The van der Waals surface area contributed by atoms with Gasteiger partial charge in [0.1, 0.15) is 22.8 Å². The first-order chi connectivity index (χ1) is 17.1. The van der Waals surface area contributed by atoms with Crippen LogP contribution in [-0.4, -0.2) is 11.7 Å². The molecule has 0 radical (unpaired) electrons. The van der Waals surface area contributed by atoms with Crippen molar-refractivity contribution < 1.29 is 23.2 Å². The second-order valence-corrected chi connectivity index (χ2v) is 9.98. The third-order valence-corrected chi connectivity index (χ3v) is 7.66. The molecule has 2 aromatic carbocycles. The van der Waals surface area contributed by atoms with Crippen LogP contribution in [0.25, 0.3) is 11.0 Å². The van der Waals surface area contributed by atoms with Gasteiger partial charge < -0.3 is 9.15 Å². The van der Waals surface area contributed by atoms with E-state index >= 15 is 0 Å². The monoisotopic (exact) mass is 476 g/mol. The number of hydrogen-bond donors (Lipinski definition) is 1. The Morgan fingerprint density at radius 2 is 1.71 bits per heavy atom.